The number of nitrogens with one attached hydrogen (secondary N) is 2. The van der Waals surface area contributed by atoms with E-state index in [0.717, 1.165) is 62.5 Å². The standard InChI is InChI=1S/C21H34N4O4S/c1-2-10-25-11-14-30-21(25)24-23-20(28)18(26)17(15-8-12-29-13-9-15)22-19(27)16-6-4-3-5-7-16/h15-17H,2-14H2,1H3,(H,22,27)(H,23,28). The van der Waals surface area contributed by atoms with Crippen LogP contribution in [-0.4, -0.2) is 65.8 Å². The van der Waals surface area contributed by atoms with E-state index in [1.807, 2.05) is 0 Å². The Bertz CT molecular complexity index is 645. The fourth-order valence-electron chi connectivity index (χ4n) is 4.39. The number of nitrogens with zero attached hydrogens (tertiary/aromatic N) is 2. The van der Waals surface area contributed by atoms with Gasteiger partial charge in [0.2, 0.25) is 11.7 Å². The number of rotatable bonds is 8. The SMILES string of the molecule is CCCN1CCSC1=NNC(=O)C(=O)C(NC(=O)C1CCCCC1)C1CCOCC1. The van der Waals surface area contributed by atoms with Crippen LogP contribution in [0.5, 0.6) is 0 Å². The molecule has 0 aromatic heterocycles. The largest absolute Gasteiger partial charge is 0.381 e. The number of ether oxygens (including phenoxy) is 1. The molecule has 2 heterocycles. The van der Waals surface area contributed by atoms with Gasteiger partial charge < -0.3 is 15.0 Å². The smallest absolute Gasteiger partial charge is 0.309 e. The van der Waals surface area contributed by atoms with E-state index in [2.05, 4.69) is 27.7 Å². The fraction of sp³-hybridized carbons (Fsp3) is 0.810. The van der Waals surface area contributed by atoms with E-state index < -0.39 is 17.7 Å². The number of carbonyl (C=O) groups excluding carboxylic acids is 3. The zero-order valence-electron chi connectivity index (χ0n) is 17.9. The summed E-state index contributed by atoms with van der Waals surface area (Å²) < 4.78 is 5.41. The Labute approximate surface area is 182 Å². The molecule has 8 nitrogen and oxygen atoms in total. The first-order valence-electron chi connectivity index (χ1n) is 11.3. The van der Waals surface area contributed by atoms with Gasteiger partial charge in [0.25, 0.3) is 0 Å². The van der Waals surface area contributed by atoms with Gasteiger partial charge in [0.15, 0.2) is 5.17 Å². The summed E-state index contributed by atoms with van der Waals surface area (Å²) in [5.41, 5.74) is 2.44. The lowest BCUT2D eigenvalue weighted by Gasteiger charge is -2.31. The van der Waals surface area contributed by atoms with E-state index in [-0.39, 0.29) is 17.7 Å². The Morgan fingerprint density at radius 1 is 1.17 bits per heavy atom. The van der Waals surface area contributed by atoms with E-state index in [1.165, 1.54) is 0 Å². The van der Waals surface area contributed by atoms with Crippen molar-refractivity contribution < 1.29 is 19.1 Å². The summed E-state index contributed by atoms with van der Waals surface area (Å²) in [5, 5.41) is 7.86. The molecule has 168 valence electrons. The van der Waals surface area contributed by atoms with Crippen LogP contribution in [0.4, 0.5) is 0 Å². The molecular weight excluding hydrogens is 404 g/mol. The van der Waals surface area contributed by atoms with E-state index in [4.69, 9.17) is 4.74 Å². The molecule has 1 atom stereocenters. The third-order valence-corrected chi connectivity index (χ3v) is 7.12. The van der Waals surface area contributed by atoms with Crippen LogP contribution in [0.1, 0.15) is 58.3 Å². The maximum atomic E-state index is 13.0. The first kappa shape index (κ1) is 23.1. The summed E-state index contributed by atoms with van der Waals surface area (Å²) in [6.07, 6.45) is 7.24. The lowest BCUT2D eigenvalue weighted by molar-refractivity contribution is -0.142. The van der Waals surface area contributed by atoms with E-state index in [9.17, 15) is 14.4 Å². The predicted molar refractivity (Wildman–Crippen MR) is 117 cm³/mol. The first-order chi connectivity index (χ1) is 14.6. The average molecular weight is 439 g/mol. The molecule has 0 bridgehead atoms. The van der Waals surface area contributed by atoms with Crippen LogP contribution in [0.3, 0.4) is 0 Å². The Balaban J connectivity index is 1.64. The molecule has 30 heavy (non-hydrogen) atoms. The minimum atomic E-state index is -0.813. The number of hydrogen-bond acceptors (Lipinski definition) is 6. The highest BCUT2D eigenvalue weighted by molar-refractivity contribution is 8.14. The van der Waals surface area contributed by atoms with Crippen molar-refractivity contribution in [2.24, 2.45) is 16.9 Å². The molecular formula is C21H34N4O4S. The van der Waals surface area contributed by atoms with Crippen molar-refractivity contribution in [2.45, 2.75) is 64.3 Å². The van der Waals surface area contributed by atoms with E-state index in [0.29, 0.717) is 26.1 Å². The van der Waals surface area contributed by atoms with E-state index in [1.54, 1.807) is 11.8 Å². The zero-order chi connectivity index (χ0) is 21.3. The second-order valence-corrected chi connectivity index (χ2v) is 9.37. The van der Waals surface area contributed by atoms with Crippen molar-refractivity contribution in [1.82, 2.24) is 15.6 Å². The lowest BCUT2D eigenvalue weighted by Crippen LogP contribution is -2.53. The Kier molecular flexibility index (Phi) is 8.99. The van der Waals surface area contributed by atoms with Crippen molar-refractivity contribution in [3.8, 4) is 0 Å². The van der Waals surface area contributed by atoms with Gasteiger partial charge in [0.1, 0.15) is 6.04 Å². The molecule has 2 N–H and O–H groups in total. The van der Waals surface area contributed by atoms with Gasteiger partial charge in [0.05, 0.1) is 0 Å². The molecule has 1 unspecified atom stereocenters. The van der Waals surface area contributed by atoms with Crippen LogP contribution < -0.4 is 10.7 Å². The van der Waals surface area contributed by atoms with Gasteiger partial charge in [-0.1, -0.05) is 37.9 Å². The summed E-state index contributed by atoms with van der Waals surface area (Å²) in [6.45, 7) is 4.94. The van der Waals surface area contributed by atoms with Crippen molar-refractivity contribution in [3.05, 3.63) is 0 Å². The molecule has 9 heteroatoms. The molecule has 2 saturated heterocycles. The van der Waals surface area contributed by atoms with Gasteiger partial charge in [-0.15, -0.1) is 5.10 Å². The molecule has 0 aromatic carbocycles. The molecule has 3 rings (SSSR count). The quantitative estimate of drug-likeness (QED) is 0.443. The summed E-state index contributed by atoms with van der Waals surface area (Å²) in [6, 6.07) is -0.813. The maximum absolute atomic E-state index is 13.0. The highest BCUT2D eigenvalue weighted by Crippen LogP contribution is 2.25. The van der Waals surface area contributed by atoms with Gasteiger partial charge in [-0.05, 0) is 38.0 Å². The van der Waals surface area contributed by atoms with E-state index >= 15 is 0 Å². The normalized spacial score (nSPS) is 23.4. The Morgan fingerprint density at radius 3 is 2.60 bits per heavy atom. The van der Waals surface area contributed by atoms with Gasteiger partial charge in [0, 0.05) is 38.0 Å². The second-order valence-electron chi connectivity index (χ2n) is 8.31. The molecule has 3 aliphatic rings. The number of amidine groups is 1. The summed E-state index contributed by atoms with van der Waals surface area (Å²) >= 11 is 1.57. The number of Topliss-reactive ketones (excluding diaryl/α,β-unsaturated/α-hetero) is 1. The van der Waals surface area contributed by atoms with Gasteiger partial charge in [-0.2, -0.15) is 0 Å². The topological polar surface area (TPSA) is 100 Å². The number of hydrogen-bond donors (Lipinski definition) is 2. The highest BCUT2D eigenvalue weighted by atomic mass is 32.2. The van der Waals surface area contributed by atoms with Gasteiger partial charge >= 0.3 is 5.91 Å². The molecule has 0 radical (unpaired) electrons. The van der Waals surface area contributed by atoms with Crippen molar-refractivity contribution in [1.29, 1.82) is 0 Å². The van der Waals surface area contributed by atoms with Crippen LogP contribution in [0.25, 0.3) is 0 Å². The molecule has 2 amide bonds. The Morgan fingerprint density at radius 2 is 1.90 bits per heavy atom. The number of amides is 2. The predicted octanol–water partition coefficient (Wildman–Crippen LogP) is 1.89. The number of thioether (sulfide) groups is 1. The highest BCUT2D eigenvalue weighted by Gasteiger charge is 2.36. The average Bonchev–Trinajstić information content (AvgIpc) is 3.23. The van der Waals surface area contributed by atoms with Crippen LogP contribution in [0.2, 0.25) is 0 Å². The van der Waals surface area contributed by atoms with Crippen LogP contribution in [0, 0.1) is 11.8 Å². The fourth-order valence-corrected chi connectivity index (χ4v) is 5.36. The van der Waals surface area contributed by atoms with Gasteiger partial charge in [-0.3, -0.25) is 14.4 Å². The summed E-state index contributed by atoms with van der Waals surface area (Å²) in [5.74, 6) is -0.694. The maximum Gasteiger partial charge on any atom is 0.309 e. The van der Waals surface area contributed by atoms with Crippen LogP contribution in [0.15, 0.2) is 5.10 Å². The minimum absolute atomic E-state index is 0.0605. The molecule has 0 aromatic rings. The second kappa shape index (κ2) is 11.7. The lowest BCUT2D eigenvalue weighted by atomic mass is 9.85. The van der Waals surface area contributed by atoms with Crippen molar-refractivity contribution >= 4 is 34.5 Å². The number of hydrazone groups is 1. The molecule has 3 fully saturated rings. The number of carbonyl (C=O) groups is 3. The van der Waals surface area contributed by atoms with Crippen LogP contribution in [-0.2, 0) is 19.1 Å². The summed E-state index contributed by atoms with van der Waals surface area (Å²) in [7, 11) is 0. The van der Waals surface area contributed by atoms with Crippen molar-refractivity contribution in [3.63, 3.8) is 0 Å². The number of ketones is 1. The third kappa shape index (κ3) is 6.20. The van der Waals surface area contributed by atoms with Crippen LogP contribution >= 0.6 is 11.8 Å². The first-order valence-corrected chi connectivity index (χ1v) is 12.3. The molecule has 0 spiro atoms. The molecule has 2 aliphatic heterocycles. The van der Waals surface area contributed by atoms with Crippen molar-refractivity contribution in [2.75, 3.05) is 32.1 Å². The molecule has 1 aliphatic carbocycles. The zero-order valence-corrected chi connectivity index (χ0v) is 18.7. The van der Waals surface area contributed by atoms with Gasteiger partial charge in [-0.25, -0.2) is 5.43 Å². The summed E-state index contributed by atoms with van der Waals surface area (Å²) in [4.78, 5) is 40.5. The third-order valence-electron chi connectivity index (χ3n) is 6.13. The monoisotopic (exact) mass is 438 g/mol. The minimum Gasteiger partial charge on any atom is -0.381 e. The molecule has 1 saturated carbocycles. The Hall–Kier alpha value is -1.61.